The van der Waals surface area contributed by atoms with Crippen LogP contribution in [0, 0.1) is 0 Å². The number of esters is 1. The molecule has 0 radical (unpaired) electrons. The average molecular weight is 1260 g/mol. The number of nitrogens with one attached hydrogen (secondary N) is 1. The first kappa shape index (κ1) is 87.6. The van der Waals surface area contributed by atoms with Crippen molar-refractivity contribution in [1.29, 1.82) is 0 Å². The average Bonchev–Trinajstić information content (AvgIpc) is 3.68. The molecule has 0 bridgehead atoms. The van der Waals surface area contributed by atoms with E-state index in [1.165, 1.54) is 405 Å². The molecule has 0 fully saturated rings. The first-order valence-corrected chi connectivity index (χ1v) is 41.4. The predicted octanol–water partition coefficient (Wildman–Crippen LogP) is 27.4. The summed E-state index contributed by atoms with van der Waals surface area (Å²) in [5.41, 5.74) is 0. The van der Waals surface area contributed by atoms with Gasteiger partial charge in [0.05, 0.1) is 25.4 Å². The number of carbonyl (C=O) groups excluding carboxylic acids is 2. The molecule has 0 aliphatic heterocycles. The minimum Gasteiger partial charge on any atom is -0.466 e. The molecule has 0 spiro atoms. The molecule has 6 nitrogen and oxygen atoms in total. The predicted molar refractivity (Wildman–Crippen MR) is 394 cm³/mol. The zero-order valence-electron chi connectivity index (χ0n) is 61.0. The minimum absolute atomic E-state index is 0.0133. The molecule has 3 N–H and O–H groups in total. The number of amides is 1. The van der Waals surface area contributed by atoms with Gasteiger partial charge in [-0.05, 0) is 44.9 Å². The second-order valence-electron chi connectivity index (χ2n) is 28.8. The topological polar surface area (TPSA) is 95.9 Å². The second-order valence-corrected chi connectivity index (χ2v) is 28.8. The van der Waals surface area contributed by atoms with Crippen LogP contribution < -0.4 is 5.32 Å². The lowest BCUT2D eigenvalue weighted by molar-refractivity contribution is -0.143. The van der Waals surface area contributed by atoms with Crippen molar-refractivity contribution in [3.63, 3.8) is 0 Å². The highest BCUT2D eigenvalue weighted by atomic mass is 16.5. The van der Waals surface area contributed by atoms with E-state index < -0.39 is 12.1 Å². The smallest absolute Gasteiger partial charge is 0.305 e. The summed E-state index contributed by atoms with van der Waals surface area (Å²) in [6.45, 7) is 4.97. The number of allylic oxidation sites excluding steroid dienone is 2. The van der Waals surface area contributed by atoms with Gasteiger partial charge in [-0.15, -0.1) is 0 Å². The van der Waals surface area contributed by atoms with Crippen molar-refractivity contribution < 1.29 is 24.5 Å². The summed E-state index contributed by atoms with van der Waals surface area (Å²) >= 11 is 0. The zero-order chi connectivity index (χ0) is 64.2. The van der Waals surface area contributed by atoms with Crippen molar-refractivity contribution in [2.24, 2.45) is 0 Å². The zero-order valence-corrected chi connectivity index (χ0v) is 61.0. The van der Waals surface area contributed by atoms with Crippen LogP contribution in [0.4, 0.5) is 0 Å². The third kappa shape index (κ3) is 75.5. The Balaban J connectivity index is 3.31. The van der Waals surface area contributed by atoms with Crippen molar-refractivity contribution in [2.45, 2.75) is 495 Å². The first-order valence-electron chi connectivity index (χ1n) is 41.4. The van der Waals surface area contributed by atoms with E-state index in [1.54, 1.807) is 0 Å². The van der Waals surface area contributed by atoms with Crippen LogP contribution >= 0.6 is 0 Å². The summed E-state index contributed by atoms with van der Waals surface area (Å²) in [6.07, 6.45) is 100. The highest BCUT2D eigenvalue weighted by Gasteiger charge is 2.20. The van der Waals surface area contributed by atoms with Gasteiger partial charge in [-0.1, -0.05) is 437 Å². The monoisotopic (exact) mass is 1250 g/mol. The van der Waals surface area contributed by atoms with Gasteiger partial charge in [0.2, 0.25) is 5.91 Å². The molecular formula is C83H163NO5. The largest absolute Gasteiger partial charge is 0.466 e. The van der Waals surface area contributed by atoms with Gasteiger partial charge < -0.3 is 20.3 Å². The van der Waals surface area contributed by atoms with Crippen LogP contribution in [-0.4, -0.2) is 47.4 Å². The van der Waals surface area contributed by atoms with Crippen LogP contribution in [0.25, 0.3) is 0 Å². The van der Waals surface area contributed by atoms with Crippen LogP contribution in [0.3, 0.4) is 0 Å². The third-order valence-electron chi connectivity index (χ3n) is 19.8. The van der Waals surface area contributed by atoms with Crippen LogP contribution in [0.2, 0.25) is 0 Å². The maximum absolute atomic E-state index is 12.6. The van der Waals surface area contributed by atoms with E-state index >= 15 is 0 Å². The molecule has 89 heavy (non-hydrogen) atoms. The number of aliphatic hydroxyl groups is 2. The van der Waals surface area contributed by atoms with Crippen molar-refractivity contribution in [3.05, 3.63) is 12.2 Å². The first-order chi connectivity index (χ1) is 44.0. The van der Waals surface area contributed by atoms with Gasteiger partial charge in [0.15, 0.2) is 0 Å². The van der Waals surface area contributed by atoms with E-state index in [0.29, 0.717) is 25.9 Å². The van der Waals surface area contributed by atoms with E-state index in [2.05, 4.69) is 31.3 Å². The van der Waals surface area contributed by atoms with Crippen molar-refractivity contribution >= 4 is 11.9 Å². The Bertz CT molecular complexity index is 1350. The Hall–Kier alpha value is -1.40. The Kier molecular flexibility index (Phi) is 77.8. The Morgan fingerprint density at radius 1 is 0.303 bits per heavy atom. The lowest BCUT2D eigenvalue weighted by atomic mass is 10.0. The highest BCUT2D eigenvalue weighted by Crippen LogP contribution is 2.21. The molecule has 0 saturated carbocycles. The molecule has 1 amide bonds. The molecule has 0 saturated heterocycles. The fourth-order valence-electron chi connectivity index (χ4n) is 13.5. The van der Waals surface area contributed by atoms with Crippen molar-refractivity contribution in [2.75, 3.05) is 13.2 Å². The number of rotatable bonds is 79. The van der Waals surface area contributed by atoms with E-state index in [1.807, 2.05) is 0 Å². The summed E-state index contributed by atoms with van der Waals surface area (Å²) in [5.74, 6) is -0.00945. The normalized spacial score (nSPS) is 12.4. The Morgan fingerprint density at radius 3 is 0.831 bits per heavy atom. The van der Waals surface area contributed by atoms with Gasteiger partial charge in [-0.3, -0.25) is 9.59 Å². The minimum atomic E-state index is -0.661. The lowest BCUT2D eigenvalue weighted by Crippen LogP contribution is -2.45. The van der Waals surface area contributed by atoms with E-state index in [4.69, 9.17) is 4.74 Å². The molecule has 0 aliphatic carbocycles. The van der Waals surface area contributed by atoms with Gasteiger partial charge in [0, 0.05) is 12.8 Å². The summed E-state index contributed by atoms with van der Waals surface area (Å²) in [5, 5.41) is 23.5. The molecule has 6 heteroatoms. The number of aliphatic hydroxyl groups excluding tert-OH is 2. The van der Waals surface area contributed by atoms with Crippen LogP contribution in [0.15, 0.2) is 12.2 Å². The van der Waals surface area contributed by atoms with E-state index in [9.17, 15) is 19.8 Å². The number of unbranched alkanes of at least 4 members (excludes halogenated alkanes) is 66. The molecule has 0 heterocycles. The summed E-state index contributed by atoms with van der Waals surface area (Å²) < 4.78 is 5.48. The van der Waals surface area contributed by atoms with Crippen molar-refractivity contribution in [3.8, 4) is 0 Å². The number of carbonyl (C=O) groups is 2. The molecule has 2 unspecified atom stereocenters. The third-order valence-corrected chi connectivity index (χ3v) is 19.8. The highest BCUT2D eigenvalue weighted by molar-refractivity contribution is 5.76. The van der Waals surface area contributed by atoms with Gasteiger partial charge in [-0.25, -0.2) is 0 Å². The molecule has 0 aromatic rings. The Labute approximate surface area is 559 Å². The van der Waals surface area contributed by atoms with Crippen LogP contribution in [0.1, 0.15) is 483 Å². The van der Waals surface area contributed by atoms with E-state index in [0.717, 1.165) is 44.9 Å². The van der Waals surface area contributed by atoms with Crippen LogP contribution in [0.5, 0.6) is 0 Å². The molecule has 0 aliphatic rings. The summed E-state index contributed by atoms with van der Waals surface area (Å²) in [6, 6.07) is -0.538. The quantitative estimate of drug-likeness (QED) is 0.0320. The molecule has 2 atom stereocenters. The summed E-state index contributed by atoms with van der Waals surface area (Å²) in [7, 11) is 0. The summed E-state index contributed by atoms with van der Waals surface area (Å²) in [4.78, 5) is 24.6. The maximum Gasteiger partial charge on any atom is 0.305 e. The van der Waals surface area contributed by atoms with E-state index in [-0.39, 0.29) is 18.5 Å². The SMILES string of the molecule is CCCC/C=C\CCCCCCCC(=O)OCCCCCCCCCCCCCCCCCCCCCCCCCCCCCCCCCCCCCCCC(=O)NC(CO)C(O)CCCCCCCCCCCCCCCCCCCCCCCCCC. The number of ether oxygens (including phenoxy) is 1. The molecule has 0 aromatic heterocycles. The fraction of sp³-hybridized carbons (Fsp3) is 0.952. The number of hydrogen-bond donors (Lipinski definition) is 3. The van der Waals surface area contributed by atoms with Crippen molar-refractivity contribution in [1.82, 2.24) is 5.32 Å². The van der Waals surface area contributed by atoms with Gasteiger partial charge in [0.25, 0.3) is 0 Å². The molecule has 0 aromatic carbocycles. The molecular weight excluding hydrogens is 1090 g/mol. The maximum atomic E-state index is 12.6. The van der Waals surface area contributed by atoms with Gasteiger partial charge in [0.1, 0.15) is 0 Å². The Morgan fingerprint density at radius 2 is 0.539 bits per heavy atom. The molecule has 0 rings (SSSR count). The van der Waals surface area contributed by atoms with Gasteiger partial charge >= 0.3 is 5.97 Å². The fourth-order valence-corrected chi connectivity index (χ4v) is 13.5. The van der Waals surface area contributed by atoms with Gasteiger partial charge in [-0.2, -0.15) is 0 Å². The van der Waals surface area contributed by atoms with Crippen LogP contribution in [-0.2, 0) is 14.3 Å². The standard InChI is InChI=1S/C83H163NO5/c1-3-5-7-9-11-13-15-16-17-18-19-20-21-37-40-43-46-49-52-56-59-63-67-71-75-81(86)80(79-85)84-82(87)76-72-68-64-60-57-53-50-47-44-41-38-35-33-31-29-27-25-23-22-24-26-28-30-32-34-36-39-42-45-48-51-54-58-62-66-70-74-78-89-83(88)77-73-69-65-61-55-14-12-10-8-6-4-2/h10,12,80-81,85-86H,3-9,11,13-79H2,1-2H3,(H,84,87)/b12-10-. The lowest BCUT2D eigenvalue weighted by Gasteiger charge is -2.22. The second kappa shape index (κ2) is 79.0. The number of hydrogen-bond acceptors (Lipinski definition) is 5. The molecule has 530 valence electrons.